The Hall–Kier alpha value is -3.54. The Morgan fingerprint density at radius 3 is 2.77 bits per heavy atom. The number of carbonyl (C=O) groups is 1. The Morgan fingerprint density at radius 2 is 1.90 bits per heavy atom. The van der Waals surface area contributed by atoms with Crippen LogP contribution in [0.2, 0.25) is 0 Å². The number of pyridine rings is 1. The zero-order chi connectivity index (χ0) is 21.6. The molecular formula is C25H25N3O3. The fourth-order valence-electron chi connectivity index (χ4n) is 3.68. The summed E-state index contributed by atoms with van der Waals surface area (Å²) in [5, 5.41) is 1.00. The van der Waals surface area contributed by atoms with E-state index in [2.05, 4.69) is 16.9 Å². The maximum absolute atomic E-state index is 13.0. The molecule has 0 radical (unpaired) electrons. The summed E-state index contributed by atoms with van der Waals surface area (Å²) in [7, 11) is 0. The van der Waals surface area contributed by atoms with Crippen LogP contribution in [0, 0.1) is 0 Å². The van der Waals surface area contributed by atoms with Crippen LogP contribution in [0.15, 0.2) is 65.6 Å². The molecule has 0 bridgehead atoms. The minimum absolute atomic E-state index is 0.104. The third kappa shape index (κ3) is 4.63. The van der Waals surface area contributed by atoms with Crippen molar-refractivity contribution in [2.45, 2.75) is 45.8 Å². The lowest BCUT2D eigenvalue weighted by atomic mass is 10.1. The Balaban J connectivity index is 1.46. The lowest BCUT2D eigenvalue weighted by molar-refractivity contribution is -0.144. The second-order valence-electron chi connectivity index (χ2n) is 7.51. The van der Waals surface area contributed by atoms with Crippen molar-refractivity contribution in [3.05, 3.63) is 82.4 Å². The Morgan fingerprint density at radius 1 is 1.06 bits per heavy atom. The highest BCUT2D eigenvalue weighted by Gasteiger charge is 2.13. The lowest BCUT2D eigenvalue weighted by Gasteiger charge is -2.12. The summed E-state index contributed by atoms with van der Waals surface area (Å²) in [6, 6.07) is 17.3. The van der Waals surface area contributed by atoms with Crippen molar-refractivity contribution in [1.82, 2.24) is 14.5 Å². The molecule has 0 saturated carbocycles. The molecular weight excluding hydrogens is 390 g/mol. The quantitative estimate of drug-likeness (QED) is 0.398. The van der Waals surface area contributed by atoms with Crippen molar-refractivity contribution in [2.24, 2.45) is 0 Å². The summed E-state index contributed by atoms with van der Waals surface area (Å²) in [5.74, 6) is -0.359. The molecule has 158 valence electrons. The number of unbranched alkanes of at least 4 members (excludes halogenated alkanes) is 1. The molecule has 2 aromatic carbocycles. The number of fused-ring (bicyclic) bond motifs is 2. The van der Waals surface area contributed by atoms with Gasteiger partial charge in [0.25, 0.3) is 5.56 Å². The number of hydrogen-bond donors (Lipinski definition) is 0. The molecule has 0 unspecified atom stereocenters. The van der Waals surface area contributed by atoms with Crippen LogP contribution in [0.1, 0.15) is 37.4 Å². The van der Waals surface area contributed by atoms with Crippen LogP contribution >= 0.6 is 0 Å². The summed E-state index contributed by atoms with van der Waals surface area (Å²) >= 11 is 0. The van der Waals surface area contributed by atoms with E-state index in [1.807, 2.05) is 54.6 Å². The van der Waals surface area contributed by atoms with Gasteiger partial charge in [0.2, 0.25) is 0 Å². The van der Waals surface area contributed by atoms with Crippen LogP contribution in [-0.4, -0.2) is 20.5 Å². The van der Waals surface area contributed by atoms with Crippen molar-refractivity contribution in [1.29, 1.82) is 0 Å². The van der Waals surface area contributed by atoms with Gasteiger partial charge in [0.15, 0.2) is 0 Å². The average molecular weight is 415 g/mol. The Labute approximate surface area is 180 Å². The predicted octanol–water partition coefficient (Wildman–Crippen LogP) is 4.42. The van der Waals surface area contributed by atoms with Crippen LogP contribution in [0.4, 0.5) is 0 Å². The van der Waals surface area contributed by atoms with E-state index in [9.17, 15) is 9.59 Å². The van der Waals surface area contributed by atoms with Gasteiger partial charge in [-0.25, -0.2) is 4.98 Å². The van der Waals surface area contributed by atoms with E-state index in [-0.39, 0.29) is 31.0 Å². The second-order valence-corrected chi connectivity index (χ2v) is 7.51. The molecule has 0 aliphatic rings. The van der Waals surface area contributed by atoms with Gasteiger partial charge in [0.05, 0.1) is 23.0 Å². The number of benzene rings is 2. The normalized spacial score (nSPS) is 11.1. The number of rotatable bonds is 8. The van der Waals surface area contributed by atoms with Crippen molar-refractivity contribution < 1.29 is 9.53 Å². The fraction of sp³-hybridized carbons (Fsp3) is 0.280. The lowest BCUT2D eigenvalue weighted by Crippen LogP contribution is -2.26. The van der Waals surface area contributed by atoms with E-state index in [0.29, 0.717) is 12.2 Å². The van der Waals surface area contributed by atoms with E-state index in [0.717, 1.165) is 40.3 Å². The highest BCUT2D eigenvalue weighted by atomic mass is 16.5. The molecule has 0 atom stereocenters. The molecule has 0 aliphatic carbocycles. The van der Waals surface area contributed by atoms with Gasteiger partial charge >= 0.3 is 5.97 Å². The van der Waals surface area contributed by atoms with Crippen LogP contribution < -0.4 is 5.56 Å². The number of hydrogen-bond acceptors (Lipinski definition) is 5. The van der Waals surface area contributed by atoms with Crippen LogP contribution in [0.25, 0.3) is 21.9 Å². The standard InChI is InChI=1S/C25H25N3O3/c1-2-3-16-28-22-12-5-4-11-20(22)27-21(25(28)30)13-14-23(29)31-17-19-9-6-8-18-10-7-15-26-24(18)19/h4-12,15H,2-3,13-14,16-17H2,1H3. The Kier molecular flexibility index (Phi) is 6.36. The molecule has 2 aromatic heterocycles. The van der Waals surface area contributed by atoms with Gasteiger partial charge in [-0.3, -0.25) is 14.6 Å². The van der Waals surface area contributed by atoms with E-state index < -0.39 is 0 Å². The summed E-state index contributed by atoms with van der Waals surface area (Å²) in [6.45, 7) is 2.89. The number of nitrogens with zero attached hydrogens (tertiary/aromatic N) is 3. The monoisotopic (exact) mass is 415 g/mol. The molecule has 0 saturated heterocycles. The third-order valence-corrected chi connectivity index (χ3v) is 5.33. The molecule has 6 nitrogen and oxygen atoms in total. The first kappa shape index (κ1) is 20.7. The fourth-order valence-corrected chi connectivity index (χ4v) is 3.68. The van der Waals surface area contributed by atoms with E-state index in [1.54, 1.807) is 10.8 Å². The SMILES string of the molecule is CCCCn1c(=O)c(CCC(=O)OCc2cccc3cccnc23)nc2ccccc21. The molecule has 0 aliphatic heterocycles. The maximum atomic E-state index is 13.0. The average Bonchev–Trinajstić information content (AvgIpc) is 2.81. The number of esters is 1. The van der Waals surface area contributed by atoms with Crippen LogP contribution in [0.5, 0.6) is 0 Å². The highest BCUT2D eigenvalue weighted by molar-refractivity contribution is 5.81. The van der Waals surface area contributed by atoms with Gasteiger partial charge in [0, 0.05) is 30.1 Å². The third-order valence-electron chi connectivity index (χ3n) is 5.33. The molecule has 4 rings (SSSR count). The molecule has 6 heteroatoms. The molecule has 0 amide bonds. The van der Waals surface area contributed by atoms with Gasteiger partial charge < -0.3 is 9.30 Å². The van der Waals surface area contributed by atoms with Crippen molar-refractivity contribution >= 4 is 27.9 Å². The second kappa shape index (κ2) is 9.51. The zero-order valence-electron chi connectivity index (χ0n) is 17.6. The molecule has 0 spiro atoms. The first-order chi connectivity index (χ1) is 15.2. The van der Waals surface area contributed by atoms with Crippen molar-refractivity contribution in [3.8, 4) is 0 Å². The highest BCUT2D eigenvalue weighted by Crippen LogP contribution is 2.17. The minimum Gasteiger partial charge on any atom is -0.461 e. The minimum atomic E-state index is -0.359. The van der Waals surface area contributed by atoms with Crippen molar-refractivity contribution in [2.75, 3.05) is 0 Å². The van der Waals surface area contributed by atoms with Crippen LogP contribution in [0.3, 0.4) is 0 Å². The molecule has 2 heterocycles. The molecule has 31 heavy (non-hydrogen) atoms. The first-order valence-electron chi connectivity index (χ1n) is 10.6. The molecule has 0 N–H and O–H groups in total. The van der Waals surface area contributed by atoms with E-state index in [4.69, 9.17) is 4.74 Å². The molecule has 4 aromatic rings. The van der Waals surface area contributed by atoms with Gasteiger partial charge in [-0.1, -0.05) is 49.7 Å². The van der Waals surface area contributed by atoms with E-state index >= 15 is 0 Å². The van der Waals surface area contributed by atoms with Gasteiger partial charge in [0.1, 0.15) is 12.3 Å². The summed E-state index contributed by atoms with van der Waals surface area (Å²) < 4.78 is 7.24. The summed E-state index contributed by atoms with van der Waals surface area (Å²) in [5.41, 5.74) is 3.56. The van der Waals surface area contributed by atoms with E-state index in [1.165, 1.54) is 0 Å². The van der Waals surface area contributed by atoms with Crippen LogP contribution in [-0.2, 0) is 29.1 Å². The predicted molar refractivity (Wildman–Crippen MR) is 121 cm³/mol. The molecule has 0 fully saturated rings. The summed E-state index contributed by atoms with van der Waals surface area (Å²) in [4.78, 5) is 34.3. The smallest absolute Gasteiger partial charge is 0.306 e. The number of aryl methyl sites for hydroxylation is 2. The van der Waals surface area contributed by atoms with Gasteiger partial charge in [-0.05, 0) is 24.6 Å². The number of carbonyl (C=O) groups excluding carboxylic acids is 1. The summed E-state index contributed by atoms with van der Waals surface area (Å²) in [6.07, 6.45) is 3.99. The van der Waals surface area contributed by atoms with Gasteiger partial charge in [-0.2, -0.15) is 0 Å². The largest absolute Gasteiger partial charge is 0.461 e. The first-order valence-corrected chi connectivity index (χ1v) is 10.6. The number of ether oxygens (including phenoxy) is 1. The number of aromatic nitrogens is 3. The zero-order valence-corrected chi connectivity index (χ0v) is 17.6. The maximum Gasteiger partial charge on any atom is 0.306 e. The topological polar surface area (TPSA) is 74.1 Å². The van der Waals surface area contributed by atoms with Crippen molar-refractivity contribution in [3.63, 3.8) is 0 Å². The van der Waals surface area contributed by atoms with Gasteiger partial charge in [-0.15, -0.1) is 0 Å². The number of para-hydroxylation sites is 3. The Bertz CT molecular complexity index is 1270.